The Bertz CT molecular complexity index is 625. The van der Waals surface area contributed by atoms with Gasteiger partial charge in [-0.3, -0.25) is 9.78 Å². The number of nitrogens with one attached hydrogen (secondary N) is 1. The van der Waals surface area contributed by atoms with Crippen LogP contribution < -0.4 is 5.32 Å². The van der Waals surface area contributed by atoms with Crippen molar-refractivity contribution in [1.82, 2.24) is 9.88 Å². The minimum atomic E-state index is -0.00476. The van der Waals surface area contributed by atoms with Gasteiger partial charge in [-0.05, 0) is 38.1 Å². The molecule has 0 saturated heterocycles. The Morgan fingerprint density at radius 3 is 2.67 bits per heavy atom. The van der Waals surface area contributed by atoms with Gasteiger partial charge in [-0.1, -0.05) is 18.2 Å². The van der Waals surface area contributed by atoms with Crippen molar-refractivity contribution in [2.24, 2.45) is 0 Å². The van der Waals surface area contributed by atoms with Gasteiger partial charge in [0.1, 0.15) is 0 Å². The van der Waals surface area contributed by atoms with Crippen molar-refractivity contribution in [3.8, 4) is 0 Å². The highest BCUT2D eigenvalue weighted by Crippen LogP contribution is 2.17. The van der Waals surface area contributed by atoms with Crippen molar-refractivity contribution in [3.05, 3.63) is 59.4 Å². The lowest BCUT2D eigenvalue weighted by molar-refractivity contribution is 0.0784. The van der Waals surface area contributed by atoms with Gasteiger partial charge in [0, 0.05) is 25.0 Å². The van der Waals surface area contributed by atoms with Gasteiger partial charge in [-0.25, -0.2) is 0 Å². The van der Waals surface area contributed by atoms with E-state index in [0.29, 0.717) is 12.1 Å². The van der Waals surface area contributed by atoms with E-state index in [1.165, 1.54) is 0 Å². The number of carbonyl (C=O) groups is 1. The average Bonchev–Trinajstić information content (AvgIpc) is 2.47. The number of carbonyl (C=O) groups excluding carboxylic acids is 1. The lowest BCUT2D eigenvalue weighted by Gasteiger charge is -2.19. The summed E-state index contributed by atoms with van der Waals surface area (Å²) in [5, 5.41) is 3.22. The van der Waals surface area contributed by atoms with Crippen LogP contribution in [0.15, 0.2) is 42.5 Å². The van der Waals surface area contributed by atoms with E-state index in [1.807, 2.05) is 56.3 Å². The van der Waals surface area contributed by atoms with Crippen LogP contribution in [0.25, 0.3) is 0 Å². The van der Waals surface area contributed by atoms with E-state index in [4.69, 9.17) is 0 Å². The minimum absolute atomic E-state index is 0.00476. The summed E-state index contributed by atoms with van der Waals surface area (Å²) >= 11 is 0. The van der Waals surface area contributed by atoms with Crippen LogP contribution in [0.4, 0.5) is 5.69 Å². The second-order valence-electron chi connectivity index (χ2n) is 5.01. The molecule has 0 aliphatic heterocycles. The van der Waals surface area contributed by atoms with Crippen LogP contribution in [0.3, 0.4) is 0 Å². The molecule has 0 fully saturated rings. The van der Waals surface area contributed by atoms with E-state index in [9.17, 15) is 4.79 Å². The molecule has 0 unspecified atom stereocenters. The van der Waals surface area contributed by atoms with Gasteiger partial charge < -0.3 is 10.2 Å². The van der Waals surface area contributed by atoms with Crippen LogP contribution in [0.2, 0.25) is 0 Å². The van der Waals surface area contributed by atoms with Crippen LogP contribution in [0, 0.1) is 6.92 Å². The second kappa shape index (κ2) is 6.88. The maximum Gasteiger partial charge on any atom is 0.256 e. The Kier molecular flexibility index (Phi) is 4.93. The Morgan fingerprint density at radius 2 is 1.95 bits per heavy atom. The zero-order valence-corrected chi connectivity index (χ0v) is 12.8. The first-order valence-electron chi connectivity index (χ1n) is 7.12. The smallest absolute Gasteiger partial charge is 0.256 e. The molecule has 1 heterocycles. The van der Waals surface area contributed by atoms with E-state index in [-0.39, 0.29) is 5.91 Å². The van der Waals surface area contributed by atoms with Gasteiger partial charge in [0.15, 0.2) is 0 Å². The number of hydrogen-bond donors (Lipinski definition) is 1. The number of nitrogens with zero attached hydrogens (tertiary/aromatic N) is 2. The number of pyridine rings is 1. The highest BCUT2D eigenvalue weighted by molar-refractivity contribution is 5.99. The normalized spacial score (nSPS) is 10.2. The standard InChI is InChI=1S/C17H21N3O/c1-4-18-16-11-6-5-10-15(16)17(21)20(3)12-14-9-7-8-13(2)19-14/h5-11,18H,4,12H2,1-3H3. The monoisotopic (exact) mass is 283 g/mol. The van der Waals surface area contributed by atoms with Crippen molar-refractivity contribution in [2.45, 2.75) is 20.4 Å². The van der Waals surface area contributed by atoms with Crippen molar-refractivity contribution in [3.63, 3.8) is 0 Å². The Balaban J connectivity index is 2.16. The number of anilines is 1. The summed E-state index contributed by atoms with van der Waals surface area (Å²) in [6, 6.07) is 13.4. The maximum atomic E-state index is 12.6. The number of amides is 1. The van der Waals surface area contributed by atoms with Crippen molar-refractivity contribution in [1.29, 1.82) is 0 Å². The van der Waals surface area contributed by atoms with E-state index in [1.54, 1.807) is 11.9 Å². The molecule has 2 rings (SSSR count). The van der Waals surface area contributed by atoms with Crippen molar-refractivity contribution in [2.75, 3.05) is 18.9 Å². The molecule has 0 radical (unpaired) electrons. The zero-order chi connectivity index (χ0) is 15.2. The molecule has 0 aliphatic carbocycles. The van der Waals surface area contributed by atoms with E-state index < -0.39 is 0 Å². The minimum Gasteiger partial charge on any atom is -0.385 e. The summed E-state index contributed by atoms with van der Waals surface area (Å²) in [6.07, 6.45) is 0. The third-order valence-electron chi connectivity index (χ3n) is 3.22. The summed E-state index contributed by atoms with van der Waals surface area (Å²) in [5.74, 6) is -0.00476. The molecule has 4 heteroatoms. The zero-order valence-electron chi connectivity index (χ0n) is 12.8. The van der Waals surface area contributed by atoms with Crippen LogP contribution in [-0.4, -0.2) is 29.4 Å². The number of aromatic nitrogens is 1. The first-order valence-corrected chi connectivity index (χ1v) is 7.12. The Labute approximate surface area is 125 Å². The molecule has 0 spiro atoms. The van der Waals surface area contributed by atoms with E-state index >= 15 is 0 Å². The summed E-state index contributed by atoms with van der Waals surface area (Å²) in [7, 11) is 1.80. The highest BCUT2D eigenvalue weighted by atomic mass is 16.2. The molecule has 110 valence electrons. The quantitative estimate of drug-likeness (QED) is 0.917. The first kappa shape index (κ1) is 15.0. The predicted octanol–water partition coefficient (Wildman–Crippen LogP) is 3.09. The number of para-hydroxylation sites is 1. The Hall–Kier alpha value is -2.36. The molecule has 0 atom stereocenters. The third kappa shape index (κ3) is 3.81. The summed E-state index contributed by atoms with van der Waals surface area (Å²) in [6.45, 7) is 5.25. The maximum absolute atomic E-state index is 12.6. The first-order chi connectivity index (χ1) is 10.1. The van der Waals surface area contributed by atoms with Gasteiger partial charge in [-0.15, -0.1) is 0 Å². The molecule has 1 aromatic carbocycles. The molecular formula is C17H21N3O. The molecule has 2 aromatic rings. The van der Waals surface area contributed by atoms with E-state index in [0.717, 1.165) is 23.6 Å². The predicted molar refractivity (Wildman–Crippen MR) is 85.4 cm³/mol. The van der Waals surface area contributed by atoms with Gasteiger partial charge in [0.25, 0.3) is 5.91 Å². The molecule has 21 heavy (non-hydrogen) atoms. The molecule has 1 N–H and O–H groups in total. The molecule has 0 saturated carbocycles. The fourth-order valence-electron chi connectivity index (χ4n) is 2.22. The third-order valence-corrected chi connectivity index (χ3v) is 3.22. The summed E-state index contributed by atoms with van der Waals surface area (Å²) in [5.41, 5.74) is 3.41. The fraction of sp³-hybridized carbons (Fsp3) is 0.294. The summed E-state index contributed by atoms with van der Waals surface area (Å²) in [4.78, 5) is 18.7. The molecule has 1 aromatic heterocycles. The van der Waals surface area contributed by atoms with Gasteiger partial charge >= 0.3 is 0 Å². The van der Waals surface area contributed by atoms with Crippen molar-refractivity contribution < 1.29 is 4.79 Å². The lowest BCUT2D eigenvalue weighted by atomic mass is 10.1. The average molecular weight is 283 g/mol. The number of rotatable bonds is 5. The lowest BCUT2D eigenvalue weighted by Crippen LogP contribution is -2.27. The molecule has 0 bridgehead atoms. The highest BCUT2D eigenvalue weighted by Gasteiger charge is 2.15. The second-order valence-corrected chi connectivity index (χ2v) is 5.01. The van der Waals surface area contributed by atoms with Crippen LogP contribution in [0.5, 0.6) is 0 Å². The van der Waals surface area contributed by atoms with Gasteiger partial charge in [0.05, 0.1) is 17.8 Å². The van der Waals surface area contributed by atoms with Crippen molar-refractivity contribution >= 4 is 11.6 Å². The number of hydrogen-bond acceptors (Lipinski definition) is 3. The summed E-state index contributed by atoms with van der Waals surface area (Å²) < 4.78 is 0. The van der Waals surface area contributed by atoms with Crippen LogP contribution in [0.1, 0.15) is 28.7 Å². The van der Waals surface area contributed by atoms with E-state index in [2.05, 4.69) is 10.3 Å². The molecule has 1 amide bonds. The van der Waals surface area contributed by atoms with Gasteiger partial charge in [0.2, 0.25) is 0 Å². The molecule has 4 nitrogen and oxygen atoms in total. The number of aryl methyl sites for hydroxylation is 1. The molecule has 0 aliphatic rings. The Morgan fingerprint density at radius 1 is 1.19 bits per heavy atom. The largest absolute Gasteiger partial charge is 0.385 e. The fourth-order valence-corrected chi connectivity index (χ4v) is 2.22. The van der Waals surface area contributed by atoms with Crippen LogP contribution in [-0.2, 0) is 6.54 Å². The van der Waals surface area contributed by atoms with Gasteiger partial charge in [-0.2, -0.15) is 0 Å². The number of benzene rings is 1. The SMILES string of the molecule is CCNc1ccccc1C(=O)N(C)Cc1cccc(C)n1. The van der Waals surface area contributed by atoms with Crippen LogP contribution >= 0.6 is 0 Å². The topological polar surface area (TPSA) is 45.2 Å². The molecular weight excluding hydrogens is 262 g/mol.